The van der Waals surface area contributed by atoms with Gasteiger partial charge in [0.05, 0.1) is 22.1 Å². The molecule has 1 N–H and O–H groups in total. The molecule has 3 aromatic rings. The standard InChI is InChI=1S/C24H17Cl2N3O5/c1-33-23-11-15(5-8-22(23)34-14-16-3-2-4-19(10-16)29(31)32)9-17(13-27)24(30)28-18-6-7-20(25)21(26)12-18/h2-12H,14H2,1H3,(H,28,30)/b17-9+. The highest BCUT2D eigenvalue weighted by Gasteiger charge is 2.13. The fourth-order valence-corrected chi connectivity index (χ4v) is 3.20. The molecule has 0 radical (unpaired) electrons. The Morgan fingerprint density at radius 1 is 1.12 bits per heavy atom. The average Bonchev–Trinajstić information content (AvgIpc) is 2.83. The van der Waals surface area contributed by atoms with E-state index in [4.69, 9.17) is 32.7 Å². The van der Waals surface area contributed by atoms with E-state index >= 15 is 0 Å². The Morgan fingerprint density at radius 2 is 1.91 bits per heavy atom. The second kappa shape index (κ2) is 11.2. The maximum atomic E-state index is 12.5. The molecule has 0 aliphatic carbocycles. The van der Waals surface area contributed by atoms with E-state index in [0.29, 0.717) is 33.3 Å². The van der Waals surface area contributed by atoms with E-state index in [1.807, 2.05) is 6.07 Å². The molecule has 10 heteroatoms. The maximum absolute atomic E-state index is 12.5. The van der Waals surface area contributed by atoms with Crippen molar-refractivity contribution in [1.29, 1.82) is 5.26 Å². The number of carbonyl (C=O) groups is 1. The molecule has 172 valence electrons. The predicted molar refractivity (Wildman–Crippen MR) is 129 cm³/mol. The predicted octanol–water partition coefficient (Wildman–Crippen LogP) is 6.03. The number of halogens is 2. The first-order valence-electron chi connectivity index (χ1n) is 9.73. The van der Waals surface area contributed by atoms with E-state index in [1.54, 1.807) is 36.4 Å². The third-order valence-electron chi connectivity index (χ3n) is 4.56. The minimum absolute atomic E-state index is 0.0308. The molecule has 0 atom stereocenters. The Bertz CT molecular complexity index is 1320. The summed E-state index contributed by atoms with van der Waals surface area (Å²) in [4.78, 5) is 23.0. The molecular weight excluding hydrogens is 481 g/mol. The molecule has 0 saturated heterocycles. The van der Waals surface area contributed by atoms with Gasteiger partial charge in [0, 0.05) is 17.8 Å². The van der Waals surface area contributed by atoms with Crippen LogP contribution >= 0.6 is 23.2 Å². The van der Waals surface area contributed by atoms with Gasteiger partial charge in [-0.3, -0.25) is 14.9 Å². The van der Waals surface area contributed by atoms with Crippen LogP contribution in [0, 0.1) is 21.4 Å². The number of methoxy groups -OCH3 is 1. The first-order chi connectivity index (χ1) is 16.3. The number of hydrogen-bond acceptors (Lipinski definition) is 6. The molecule has 34 heavy (non-hydrogen) atoms. The van der Waals surface area contributed by atoms with Crippen molar-refractivity contribution in [1.82, 2.24) is 0 Å². The van der Waals surface area contributed by atoms with Gasteiger partial charge in [-0.15, -0.1) is 0 Å². The number of benzene rings is 3. The number of nitriles is 1. The van der Waals surface area contributed by atoms with Crippen LogP contribution in [0.1, 0.15) is 11.1 Å². The number of nitrogens with one attached hydrogen (secondary N) is 1. The summed E-state index contributed by atoms with van der Waals surface area (Å²) in [5.41, 5.74) is 1.37. The second-order valence-electron chi connectivity index (χ2n) is 6.88. The second-order valence-corrected chi connectivity index (χ2v) is 7.69. The average molecular weight is 498 g/mol. The van der Waals surface area contributed by atoms with Gasteiger partial charge in [-0.1, -0.05) is 41.4 Å². The molecule has 1 amide bonds. The normalized spacial score (nSPS) is 10.8. The highest BCUT2D eigenvalue weighted by Crippen LogP contribution is 2.30. The zero-order valence-electron chi connectivity index (χ0n) is 17.7. The topological polar surface area (TPSA) is 114 Å². The summed E-state index contributed by atoms with van der Waals surface area (Å²) < 4.78 is 11.1. The van der Waals surface area contributed by atoms with Crippen LogP contribution in [0.4, 0.5) is 11.4 Å². The quantitative estimate of drug-likeness (QED) is 0.175. The highest BCUT2D eigenvalue weighted by atomic mass is 35.5. The first-order valence-corrected chi connectivity index (χ1v) is 10.5. The third-order valence-corrected chi connectivity index (χ3v) is 5.30. The zero-order chi connectivity index (χ0) is 24.7. The molecule has 0 saturated carbocycles. The number of rotatable bonds is 8. The molecule has 0 heterocycles. The number of nitrogens with zero attached hydrogens (tertiary/aromatic N) is 2. The molecule has 8 nitrogen and oxygen atoms in total. The van der Waals surface area contributed by atoms with E-state index < -0.39 is 10.8 Å². The minimum Gasteiger partial charge on any atom is -0.493 e. The molecule has 3 aromatic carbocycles. The van der Waals surface area contributed by atoms with Gasteiger partial charge in [0.1, 0.15) is 18.2 Å². The SMILES string of the molecule is COc1cc(/C=C(\C#N)C(=O)Nc2ccc(Cl)c(Cl)c2)ccc1OCc1cccc([N+](=O)[O-])c1. The number of amides is 1. The summed E-state index contributed by atoms with van der Waals surface area (Å²) in [6.07, 6.45) is 1.40. The van der Waals surface area contributed by atoms with Gasteiger partial charge in [-0.05, 0) is 47.5 Å². The van der Waals surface area contributed by atoms with Crippen LogP contribution in [0.5, 0.6) is 11.5 Å². The molecular formula is C24H17Cl2N3O5. The van der Waals surface area contributed by atoms with Crippen LogP contribution in [0.3, 0.4) is 0 Å². The Labute approximate surface area is 205 Å². The Hall–Kier alpha value is -4.06. The number of ether oxygens (including phenoxy) is 2. The molecule has 0 unspecified atom stereocenters. The van der Waals surface area contributed by atoms with Crippen LogP contribution in [-0.4, -0.2) is 17.9 Å². The smallest absolute Gasteiger partial charge is 0.269 e. The summed E-state index contributed by atoms with van der Waals surface area (Å²) in [6, 6.07) is 17.4. The van der Waals surface area contributed by atoms with Crippen LogP contribution in [-0.2, 0) is 11.4 Å². The number of anilines is 1. The van der Waals surface area contributed by atoms with Gasteiger partial charge in [-0.2, -0.15) is 5.26 Å². The van der Waals surface area contributed by atoms with Crippen LogP contribution < -0.4 is 14.8 Å². The van der Waals surface area contributed by atoms with Crippen molar-refractivity contribution in [3.63, 3.8) is 0 Å². The number of hydrogen-bond donors (Lipinski definition) is 1. The molecule has 0 aromatic heterocycles. The highest BCUT2D eigenvalue weighted by molar-refractivity contribution is 6.42. The van der Waals surface area contributed by atoms with Crippen molar-refractivity contribution < 1.29 is 19.2 Å². The summed E-state index contributed by atoms with van der Waals surface area (Å²) in [5, 5.41) is 23.6. The van der Waals surface area contributed by atoms with E-state index in [2.05, 4.69) is 5.32 Å². The van der Waals surface area contributed by atoms with Crippen LogP contribution in [0.15, 0.2) is 66.2 Å². The largest absolute Gasteiger partial charge is 0.493 e. The zero-order valence-corrected chi connectivity index (χ0v) is 19.3. The van der Waals surface area contributed by atoms with Gasteiger partial charge in [0.2, 0.25) is 0 Å². The van der Waals surface area contributed by atoms with Crippen molar-refractivity contribution in [2.75, 3.05) is 12.4 Å². The summed E-state index contributed by atoms with van der Waals surface area (Å²) in [5.74, 6) is 0.136. The van der Waals surface area contributed by atoms with E-state index in [-0.39, 0.29) is 22.9 Å². The minimum atomic E-state index is -0.620. The van der Waals surface area contributed by atoms with E-state index in [0.717, 1.165) is 0 Å². The van der Waals surface area contributed by atoms with E-state index in [1.165, 1.54) is 37.5 Å². The van der Waals surface area contributed by atoms with E-state index in [9.17, 15) is 20.2 Å². The van der Waals surface area contributed by atoms with Crippen molar-refractivity contribution in [3.05, 3.63) is 97.5 Å². The summed E-state index contributed by atoms with van der Waals surface area (Å²) in [6.45, 7) is 0.0860. The first kappa shape index (κ1) is 24.6. The van der Waals surface area contributed by atoms with Crippen LogP contribution in [0.25, 0.3) is 6.08 Å². The number of nitro benzene ring substituents is 1. The fourth-order valence-electron chi connectivity index (χ4n) is 2.90. The molecule has 0 aliphatic rings. The van der Waals surface area contributed by atoms with Gasteiger partial charge in [0.15, 0.2) is 11.5 Å². The van der Waals surface area contributed by atoms with Gasteiger partial charge in [0.25, 0.3) is 11.6 Å². The molecule has 0 spiro atoms. The van der Waals surface area contributed by atoms with Crippen LogP contribution in [0.2, 0.25) is 10.0 Å². The summed E-state index contributed by atoms with van der Waals surface area (Å²) >= 11 is 11.8. The van der Waals surface area contributed by atoms with Gasteiger partial charge in [-0.25, -0.2) is 0 Å². The lowest BCUT2D eigenvalue weighted by Gasteiger charge is -2.12. The Balaban J connectivity index is 1.75. The Kier molecular flexibility index (Phi) is 8.09. The number of nitro groups is 1. The lowest BCUT2D eigenvalue weighted by molar-refractivity contribution is -0.384. The monoisotopic (exact) mass is 497 g/mol. The van der Waals surface area contributed by atoms with Crippen molar-refractivity contribution in [2.45, 2.75) is 6.61 Å². The number of non-ortho nitro benzene ring substituents is 1. The maximum Gasteiger partial charge on any atom is 0.269 e. The van der Waals surface area contributed by atoms with Crippen molar-refractivity contribution in [2.24, 2.45) is 0 Å². The van der Waals surface area contributed by atoms with Crippen molar-refractivity contribution in [3.8, 4) is 17.6 Å². The number of carbonyl (C=O) groups excluding carboxylic acids is 1. The van der Waals surface area contributed by atoms with Gasteiger partial charge >= 0.3 is 0 Å². The molecule has 0 bridgehead atoms. The van der Waals surface area contributed by atoms with Gasteiger partial charge < -0.3 is 14.8 Å². The molecule has 3 rings (SSSR count). The molecule has 0 fully saturated rings. The molecule has 0 aliphatic heterocycles. The lowest BCUT2D eigenvalue weighted by atomic mass is 10.1. The summed E-state index contributed by atoms with van der Waals surface area (Å²) in [7, 11) is 1.45. The Morgan fingerprint density at radius 3 is 2.59 bits per heavy atom. The third kappa shape index (κ3) is 6.25. The lowest BCUT2D eigenvalue weighted by Crippen LogP contribution is -2.13. The van der Waals surface area contributed by atoms with Crippen molar-refractivity contribution >= 4 is 46.6 Å². The fraction of sp³-hybridized carbons (Fsp3) is 0.0833.